The fourth-order valence-electron chi connectivity index (χ4n) is 2.29. The molecule has 7 nitrogen and oxygen atoms in total. The van der Waals surface area contributed by atoms with Gasteiger partial charge in [0.15, 0.2) is 0 Å². The van der Waals surface area contributed by atoms with Crippen molar-refractivity contribution in [3.63, 3.8) is 0 Å². The Morgan fingerprint density at radius 1 is 1.07 bits per heavy atom. The van der Waals surface area contributed by atoms with E-state index in [1.807, 2.05) is 6.92 Å². The van der Waals surface area contributed by atoms with Gasteiger partial charge in [0, 0.05) is 23.2 Å². The summed E-state index contributed by atoms with van der Waals surface area (Å²) in [4.78, 5) is 28.2. The number of aromatic nitrogens is 2. The van der Waals surface area contributed by atoms with Crippen molar-refractivity contribution >= 4 is 17.5 Å². The van der Waals surface area contributed by atoms with Gasteiger partial charge in [-0.25, -0.2) is 4.39 Å². The zero-order valence-corrected chi connectivity index (χ0v) is 14.5. The fourth-order valence-corrected chi connectivity index (χ4v) is 2.29. The molecule has 1 aromatic heterocycles. The van der Waals surface area contributed by atoms with E-state index in [0.29, 0.717) is 29.4 Å². The molecule has 0 atom stereocenters. The van der Waals surface area contributed by atoms with Crippen LogP contribution in [0.1, 0.15) is 23.2 Å². The third kappa shape index (κ3) is 4.75. The van der Waals surface area contributed by atoms with Gasteiger partial charge in [-0.3, -0.25) is 9.59 Å². The smallest absolute Gasteiger partial charge is 0.251 e. The second-order valence-corrected chi connectivity index (χ2v) is 5.68. The number of rotatable bonds is 6. The van der Waals surface area contributed by atoms with Gasteiger partial charge in [0.2, 0.25) is 17.6 Å². The molecule has 27 heavy (non-hydrogen) atoms. The van der Waals surface area contributed by atoms with Crippen molar-refractivity contribution < 1.29 is 18.5 Å². The van der Waals surface area contributed by atoms with Crippen LogP contribution in [0.25, 0.3) is 11.4 Å². The molecule has 3 rings (SSSR count). The molecule has 0 saturated carbocycles. The lowest BCUT2D eigenvalue weighted by molar-refractivity contribution is -0.115. The highest BCUT2D eigenvalue weighted by Crippen LogP contribution is 2.16. The minimum atomic E-state index is -0.412. The zero-order chi connectivity index (χ0) is 19.2. The van der Waals surface area contributed by atoms with E-state index in [4.69, 9.17) is 4.52 Å². The highest BCUT2D eigenvalue weighted by molar-refractivity contribution is 5.99. The molecule has 2 aromatic carbocycles. The van der Waals surface area contributed by atoms with Gasteiger partial charge < -0.3 is 15.2 Å². The predicted octanol–water partition coefficient (Wildman–Crippen LogP) is 2.81. The van der Waals surface area contributed by atoms with E-state index in [-0.39, 0.29) is 6.54 Å². The van der Waals surface area contributed by atoms with Crippen molar-refractivity contribution in [3.8, 4) is 11.4 Å². The van der Waals surface area contributed by atoms with Gasteiger partial charge in [-0.2, -0.15) is 4.98 Å². The third-order valence-corrected chi connectivity index (χ3v) is 3.71. The third-order valence-electron chi connectivity index (χ3n) is 3.71. The van der Waals surface area contributed by atoms with Gasteiger partial charge in [-0.05, 0) is 36.4 Å². The Morgan fingerprint density at radius 2 is 1.78 bits per heavy atom. The molecule has 8 heteroatoms. The molecule has 0 fully saturated rings. The fraction of sp³-hybridized carbons (Fsp3) is 0.158. The van der Waals surface area contributed by atoms with E-state index in [1.165, 1.54) is 24.3 Å². The van der Waals surface area contributed by atoms with Crippen molar-refractivity contribution in [1.82, 2.24) is 15.5 Å². The largest absolute Gasteiger partial charge is 0.343 e. The van der Waals surface area contributed by atoms with Crippen LogP contribution in [0.15, 0.2) is 53.1 Å². The average molecular weight is 368 g/mol. The maximum atomic E-state index is 12.8. The molecule has 138 valence electrons. The summed E-state index contributed by atoms with van der Waals surface area (Å²) in [5, 5.41) is 8.97. The highest BCUT2D eigenvalue weighted by Gasteiger charge is 2.11. The number of carbonyl (C=O) groups excluding carboxylic acids is 2. The van der Waals surface area contributed by atoms with E-state index in [1.54, 1.807) is 24.3 Å². The quantitative estimate of drug-likeness (QED) is 0.697. The molecule has 0 aliphatic rings. The van der Waals surface area contributed by atoms with Gasteiger partial charge >= 0.3 is 0 Å². The Bertz CT molecular complexity index is 936. The summed E-state index contributed by atoms with van der Waals surface area (Å²) in [7, 11) is 0. The molecule has 0 spiro atoms. The van der Waals surface area contributed by atoms with Crippen LogP contribution < -0.4 is 10.6 Å². The van der Waals surface area contributed by atoms with Crippen LogP contribution in [-0.2, 0) is 11.2 Å². The first-order valence-corrected chi connectivity index (χ1v) is 8.32. The molecule has 0 bridgehead atoms. The summed E-state index contributed by atoms with van der Waals surface area (Å²) in [5.41, 5.74) is 1.57. The molecule has 3 aromatic rings. The maximum Gasteiger partial charge on any atom is 0.251 e. The molecular weight excluding hydrogens is 351 g/mol. The zero-order valence-electron chi connectivity index (χ0n) is 14.5. The molecule has 1 heterocycles. The Hall–Kier alpha value is -3.55. The second-order valence-electron chi connectivity index (χ2n) is 5.68. The number of amides is 2. The Kier molecular flexibility index (Phi) is 5.55. The highest BCUT2D eigenvalue weighted by atomic mass is 19.1. The minimum absolute atomic E-state index is 0.206. The monoisotopic (exact) mass is 368 g/mol. The van der Waals surface area contributed by atoms with Crippen LogP contribution in [0.4, 0.5) is 10.1 Å². The van der Waals surface area contributed by atoms with Gasteiger partial charge in [0.1, 0.15) is 5.82 Å². The summed E-state index contributed by atoms with van der Waals surface area (Å²) < 4.78 is 17.9. The second kappa shape index (κ2) is 8.22. The van der Waals surface area contributed by atoms with E-state index in [0.717, 1.165) is 5.56 Å². The number of aryl methyl sites for hydroxylation is 1. The molecule has 0 unspecified atom stereocenters. The number of hydrogen-bond donors (Lipinski definition) is 2. The van der Waals surface area contributed by atoms with Crippen LogP contribution in [0.5, 0.6) is 0 Å². The Balaban J connectivity index is 1.54. The number of carbonyl (C=O) groups is 2. The summed E-state index contributed by atoms with van der Waals surface area (Å²) in [6.45, 7) is 1.71. The normalized spacial score (nSPS) is 10.4. The summed E-state index contributed by atoms with van der Waals surface area (Å²) in [6.07, 6.45) is 0.646. The first-order valence-electron chi connectivity index (χ1n) is 8.32. The van der Waals surface area contributed by atoms with Gasteiger partial charge in [-0.15, -0.1) is 0 Å². The van der Waals surface area contributed by atoms with Gasteiger partial charge in [0.25, 0.3) is 5.91 Å². The van der Waals surface area contributed by atoms with Crippen LogP contribution in [0, 0.1) is 5.82 Å². The molecule has 0 saturated heterocycles. The number of hydrogen-bond acceptors (Lipinski definition) is 5. The van der Waals surface area contributed by atoms with Crippen LogP contribution in [0.2, 0.25) is 0 Å². The minimum Gasteiger partial charge on any atom is -0.343 e. The van der Waals surface area contributed by atoms with E-state index >= 15 is 0 Å². The lowest BCUT2D eigenvalue weighted by Gasteiger charge is -2.07. The maximum absolute atomic E-state index is 12.8. The van der Waals surface area contributed by atoms with E-state index in [2.05, 4.69) is 20.8 Å². The van der Waals surface area contributed by atoms with Crippen molar-refractivity contribution in [1.29, 1.82) is 0 Å². The molecule has 2 N–H and O–H groups in total. The standard InChI is InChI=1S/C19H17FN4O3/c1-2-17-23-18(24-27-17)12-3-5-13(6-4-12)19(26)21-11-16(25)22-15-9-7-14(20)8-10-15/h3-10H,2,11H2,1H3,(H,21,26)(H,22,25). The topological polar surface area (TPSA) is 97.1 Å². The van der Waals surface area contributed by atoms with Crippen LogP contribution in [0.3, 0.4) is 0 Å². The SMILES string of the molecule is CCc1nc(-c2ccc(C(=O)NCC(=O)Nc3ccc(F)cc3)cc2)no1. The number of halogens is 1. The molecule has 0 aliphatic carbocycles. The number of nitrogens with one attached hydrogen (secondary N) is 2. The number of nitrogens with zero attached hydrogens (tertiary/aromatic N) is 2. The number of benzene rings is 2. The first kappa shape index (κ1) is 18.2. The van der Waals surface area contributed by atoms with E-state index < -0.39 is 17.6 Å². The lowest BCUT2D eigenvalue weighted by Crippen LogP contribution is -2.32. The lowest BCUT2D eigenvalue weighted by atomic mass is 10.1. The van der Waals surface area contributed by atoms with Crippen molar-refractivity contribution in [2.75, 3.05) is 11.9 Å². The van der Waals surface area contributed by atoms with E-state index in [9.17, 15) is 14.0 Å². The molecule has 0 radical (unpaired) electrons. The molecule has 0 aliphatic heterocycles. The predicted molar refractivity (Wildman–Crippen MR) is 96.5 cm³/mol. The van der Waals surface area contributed by atoms with Gasteiger partial charge in [-0.1, -0.05) is 24.2 Å². The summed E-state index contributed by atoms with van der Waals surface area (Å²) >= 11 is 0. The van der Waals surface area contributed by atoms with Crippen molar-refractivity contribution in [2.24, 2.45) is 0 Å². The Morgan fingerprint density at radius 3 is 2.41 bits per heavy atom. The van der Waals surface area contributed by atoms with Crippen molar-refractivity contribution in [3.05, 3.63) is 65.8 Å². The average Bonchev–Trinajstić information content (AvgIpc) is 3.17. The van der Waals surface area contributed by atoms with Crippen molar-refractivity contribution in [2.45, 2.75) is 13.3 Å². The summed E-state index contributed by atoms with van der Waals surface area (Å²) in [6, 6.07) is 12.0. The Labute approximate surface area is 154 Å². The summed E-state index contributed by atoms with van der Waals surface area (Å²) in [5.74, 6) is -0.198. The molecule has 2 amide bonds. The molecular formula is C19H17FN4O3. The van der Waals surface area contributed by atoms with Gasteiger partial charge in [0.05, 0.1) is 6.54 Å². The number of anilines is 1. The van der Waals surface area contributed by atoms with Crippen LogP contribution >= 0.6 is 0 Å². The first-order chi connectivity index (χ1) is 13.0. The van der Waals surface area contributed by atoms with Crippen LogP contribution in [-0.4, -0.2) is 28.5 Å².